The Bertz CT molecular complexity index is 300. The molecule has 1 atom stereocenters. The zero-order chi connectivity index (χ0) is 15.1. The summed E-state index contributed by atoms with van der Waals surface area (Å²) in [6, 6.07) is 0. The lowest BCUT2D eigenvalue weighted by atomic mass is 9.87. The van der Waals surface area contributed by atoms with Crippen LogP contribution in [0.15, 0.2) is 11.6 Å². The Morgan fingerprint density at radius 1 is 1.32 bits per heavy atom. The summed E-state index contributed by atoms with van der Waals surface area (Å²) in [5, 5.41) is 12.0. The number of allylic oxidation sites excluding steroid dienone is 1. The summed E-state index contributed by atoms with van der Waals surface area (Å²) < 4.78 is 0. The van der Waals surface area contributed by atoms with Crippen molar-refractivity contribution in [1.82, 2.24) is 5.32 Å². The molecule has 0 aromatic rings. The van der Waals surface area contributed by atoms with Gasteiger partial charge >= 0.3 is 0 Å². The van der Waals surface area contributed by atoms with E-state index in [1.54, 1.807) is 6.08 Å². The van der Waals surface area contributed by atoms with Crippen LogP contribution >= 0.6 is 0 Å². The van der Waals surface area contributed by atoms with Crippen LogP contribution in [0.1, 0.15) is 54.4 Å². The largest absolute Gasteiger partial charge is 0.396 e. The van der Waals surface area contributed by atoms with E-state index in [4.69, 9.17) is 5.11 Å². The van der Waals surface area contributed by atoms with Crippen LogP contribution in [-0.2, 0) is 4.79 Å². The van der Waals surface area contributed by atoms with Crippen LogP contribution in [0.3, 0.4) is 0 Å². The molecule has 3 heteroatoms. The molecule has 2 N–H and O–H groups in total. The SMILES string of the molecule is C/C(=C/C(=O)NCC(CCO)CC(C)C)C(C)(C)C. The normalized spacial score (nSPS) is 14.6. The Morgan fingerprint density at radius 2 is 1.89 bits per heavy atom. The molecule has 1 amide bonds. The number of aliphatic hydroxyl groups is 1. The van der Waals surface area contributed by atoms with Crippen molar-refractivity contribution in [1.29, 1.82) is 0 Å². The molecule has 0 aliphatic heterocycles. The van der Waals surface area contributed by atoms with Crippen molar-refractivity contribution >= 4 is 5.91 Å². The number of carbonyl (C=O) groups is 1. The average Bonchev–Trinajstić information content (AvgIpc) is 2.24. The van der Waals surface area contributed by atoms with Crippen LogP contribution in [0.2, 0.25) is 0 Å². The van der Waals surface area contributed by atoms with Crippen molar-refractivity contribution in [2.75, 3.05) is 13.2 Å². The molecule has 19 heavy (non-hydrogen) atoms. The minimum atomic E-state index is -0.0286. The molecule has 0 aromatic carbocycles. The van der Waals surface area contributed by atoms with Crippen LogP contribution < -0.4 is 5.32 Å². The predicted octanol–water partition coefficient (Wildman–Crippen LogP) is 3.14. The summed E-state index contributed by atoms with van der Waals surface area (Å²) in [7, 11) is 0. The molecule has 0 bridgehead atoms. The summed E-state index contributed by atoms with van der Waals surface area (Å²) >= 11 is 0. The number of aliphatic hydroxyl groups excluding tert-OH is 1. The lowest BCUT2D eigenvalue weighted by molar-refractivity contribution is -0.116. The van der Waals surface area contributed by atoms with E-state index in [2.05, 4.69) is 39.9 Å². The maximum atomic E-state index is 11.8. The van der Waals surface area contributed by atoms with Gasteiger partial charge in [-0.2, -0.15) is 0 Å². The zero-order valence-corrected chi connectivity index (χ0v) is 13.4. The minimum absolute atomic E-state index is 0.0276. The van der Waals surface area contributed by atoms with Gasteiger partial charge in [-0.25, -0.2) is 0 Å². The van der Waals surface area contributed by atoms with Crippen molar-refractivity contribution < 1.29 is 9.90 Å². The third-order valence-corrected chi connectivity index (χ3v) is 3.44. The summed E-state index contributed by atoms with van der Waals surface area (Å²) in [5.74, 6) is 0.914. The van der Waals surface area contributed by atoms with Crippen LogP contribution in [0.25, 0.3) is 0 Å². The fraction of sp³-hybridized carbons (Fsp3) is 0.812. The number of hydrogen-bond donors (Lipinski definition) is 2. The number of nitrogens with one attached hydrogen (secondary N) is 1. The second kappa shape index (κ2) is 8.36. The number of hydrogen-bond acceptors (Lipinski definition) is 2. The smallest absolute Gasteiger partial charge is 0.243 e. The van der Waals surface area contributed by atoms with Crippen molar-refractivity contribution in [2.45, 2.75) is 54.4 Å². The minimum Gasteiger partial charge on any atom is -0.396 e. The molecule has 0 fully saturated rings. The van der Waals surface area contributed by atoms with Gasteiger partial charge in [0.25, 0.3) is 0 Å². The third-order valence-electron chi connectivity index (χ3n) is 3.44. The Labute approximate surface area is 118 Å². The summed E-state index contributed by atoms with van der Waals surface area (Å²) in [6.07, 6.45) is 3.47. The second-order valence-electron chi connectivity index (χ2n) is 6.83. The van der Waals surface area contributed by atoms with E-state index in [9.17, 15) is 4.79 Å². The maximum absolute atomic E-state index is 11.8. The highest BCUT2D eigenvalue weighted by Crippen LogP contribution is 2.23. The Balaban J connectivity index is 4.33. The van der Waals surface area contributed by atoms with Crippen molar-refractivity contribution in [3.05, 3.63) is 11.6 Å². The third kappa shape index (κ3) is 8.82. The maximum Gasteiger partial charge on any atom is 0.243 e. The van der Waals surface area contributed by atoms with Crippen LogP contribution in [0, 0.1) is 17.3 Å². The summed E-state index contributed by atoms with van der Waals surface area (Å²) in [5.41, 5.74) is 1.10. The monoisotopic (exact) mass is 269 g/mol. The van der Waals surface area contributed by atoms with Gasteiger partial charge in [-0.05, 0) is 37.0 Å². The molecule has 0 aliphatic carbocycles. The molecule has 0 saturated heterocycles. The topological polar surface area (TPSA) is 49.3 Å². The van der Waals surface area contributed by atoms with Crippen molar-refractivity contribution in [2.24, 2.45) is 17.3 Å². The summed E-state index contributed by atoms with van der Waals surface area (Å²) in [6.45, 7) is 13.4. The van der Waals surface area contributed by atoms with Gasteiger partial charge in [0, 0.05) is 19.2 Å². The molecule has 0 aliphatic rings. The molecule has 0 saturated carbocycles. The van der Waals surface area contributed by atoms with Gasteiger partial charge in [-0.3, -0.25) is 4.79 Å². The van der Waals surface area contributed by atoms with Gasteiger partial charge in [0.15, 0.2) is 0 Å². The lowest BCUT2D eigenvalue weighted by Gasteiger charge is -2.20. The van der Waals surface area contributed by atoms with E-state index in [0.717, 1.165) is 18.4 Å². The van der Waals surface area contributed by atoms with Gasteiger partial charge in [0.1, 0.15) is 0 Å². The highest BCUT2D eigenvalue weighted by Gasteiger charge is 2.15. The van der Waals surface area contributed by atoms with E-state index in [1.807, 2.05) is 6.92 Å². The quantitative estimate of drug-likeness (QED) is 0.698. The van der Waals surface area contributed by atoms with Crippen molar-refractivity contribution in [3.8, 4) is 0 Å². The molecule has 0 spiro atoms. The van der Waals surface area contributed by atoms with Gasteiger partial charge in [0.2, 0.25) is 5.91 Å². The average molecular weight is 269 g/mol. The zero-order valence-electron chi connectivity index (χ0n) is 13.4. The summed E-state index contributed by atoms with van der Waals surface area (Å²) in [4.78, 5) is 11.8. The fourth-order valence-electron chi connectivity index (χ4n) is 1.86. The lowest BCUT2D eigenvalue weighted by Crippen LogP contribution is -2.29. The first-order valence-electron chi connectivity index (χ1n) is 7.24. The second-order valence-corrected chi connectivity index (χ2v) is 6.83. The molecular formula is C16H31NO2. The van der Waals surface area contributed by atoms with Crippen LogP contribution in [-0.4, -0.2) is 24.2 Å². The van der Waals surface area contributed by atoms with Gasteiger partial charge in [-0.1, -0.05) is 40.2 Å². The van der Waals surface area contributed by atoms with Crippen LogP contribution in [0.5, 0.6) is 0 Å². The van der Waals surface area contributed by atoms with E-state index >= 15 is 0 Å². The Morgan fingerprint density at radius 3 is 2.32 bits per heavy atom. The van der Waals surface area contributed by atoms with Gasteiger partial charge in [0.05, 0.1) is 0 Å². The first kappa shape index (κ1) is 18.2. The molecule has 3 nitrogen and oxygen atoms in total. The van der Waals surface area contributed by atoms with Gasteiger partial charge < -0.3 is 10.4 Å². The van der Waals surface area contributed by atoms with Crippen molar-refractivity contribution in [3.63, 3.8) is 0 Å². The molecule has 0 radical (unpaired) electrons. The fourth-order valence-corrected chi connectivity index (χ4v) is 1.86. The molecule has 0 heterocycles. The molecule has 0 rings (SSSR count). The van der Waals surface area contributed by atoms with E-state index in [0.29, 0.717) is 18.4 Å². The molecule has 112 valence electrons. The van der Waals surface area contributed by atoms with E-state index < -0.39 is 0 Å². The van der Waals surface area contributed by atoms with Crippen LogP contribution in [0.4, 0.5) is 0 Å². The Hall–Kier alpha value is -0.830. The molecule has 0 aromatic heterocycles. The van der Waals surface area contributed by atoms with Gasteiger partial charge in [-0.15, -0.1) is 0 Å². The number of carbonyl (C=O) groups excluding carboxylic acids is 1. The Kier molecular flexibility index (Phi) is 8.00. The van der Waals surface area contributed by atoms with E-state index in [1.165, 1.54) is 0 Å². The highest BCUT2D eigenvalue weighted by atomic mass is 16.3. The van der Waals surface area contributed by atoms with E-state index in [-0.39, 0.29) is 17.9 Å². The molecule has 1 unspecified atom stereocenters. The molecular weight excluding hydrogens is 238 g/mol. The number of rotatable bonds is 7. The standard InChI is InChI=1S/C16H31NO2/c1-12(2)9-14(7-8-18)11-17-15(19)10-13(3)16(4,5)6/h10,12,14,18H,7-9,11H2,1-6H3,(H,17,19)/b13-10-. The first-order chi connectivity index (χ1) is 8.66. The first-order valence-corrected chi connectivity index (χ1v) is 7.24. The predicted molar refractivity (Wildman–Crippen MR) is 80.9 cm³/mol. The highest BCUT2D eigenvalue weighted by molar-refractivity contribution is 5.88. The number of amides is 1.